The first-order chi connectivity index (χ1) is 9.03. The summed E-state index contributed by atoms with van der Waals surface area (Å²) in [6.07, 6.45) is 0.00126. The summed E-state index contributed by atoms with van der Waals surface area (Å²) < 4.78 is 10.1. The maximum atomic E-state index is 11.0. The van der Waals surface area contributed by atoms with Gasteiger partial charge in [0, 0.05) is 12.6 Å². The van der Waals surface area contributed by atoms with Crippen LogP contribution in [0.1, 0.15) is 13.3 Å². The molecule has 0 aliphatic carbocycles. The lowest BCUT2D eigenvalue weighted by Gasteiger charge is -2.13. The zero-order valence-electron chi connectivity index (χ0n) is 11.2. The molecule has 19 heavy (non-hydrogen) atoms. The van der Waals surface area contributed by atoms with E-state index in [-0.39, 0.29) is 23.7 Å². The highest BCUT2D eigenvalue weighted by atomic mass is 16.6. The minimum absolute atomic E-state index is 0.124. The van der Waals surface area contributed by atoms with E-state index < -0.39 is 11.0 Å². The third-order valence-electron chi connectivity index (χ3n) is 2.70. The van der Waals surface area contributed by atoms with E-state index in [9.17, 15) is 15.2 Å². The molecule has 0 saturated carbocycles. The predicted octanol–water partition coefficient (Wildman–Crippen LogP) is 1.79. The number of hydrogen-bond acceptors (Lipinski definition) is 6. The Labute approximate surface area is 111 Å². The van der Waals surface area contributed by atoms with Crippen molar-refractivity contribution in [2.45, 2.75) is 19.4 Å². The number of anilines is 1. The fraction of sp³-hybridized carbons (Fsp3) is 0.500. The average molecular weight is 270 g/mol. The van der Waals surface area contributed by atoms with Gasteiger partial charge in [-0.25, -0.2) is 0 Å². The first-order valence-electron chi connectivity index (χ1n) is 5.85. The number of methoxy groups -OCH3 is 2. The molecule has 0 aliphatic rings. The van der Waals surface area contributed by atoms with Crippen LogP contribution in [0.25, 0.3) is 0 Å². The maximum Gasteiger partial charge on any atom is 0.296 e. The number of rotatable bonds is 7. The second-order valence-corrected chi connectivity index (χ2v) is 3.92. The summed E-state index contributed by atoms with van der Waals surface area (Å²) >= 11 is 0. The fourth-order valence-corrected chi connectivity index (χ4v) is 1.53. The van der Waals surface area contributed by atoms with Crippen LogP contribution in [0.2, 0.25) is 0 Å². The van der Waals surface area contributed by atoms with E-state index in [0.717, 1.165) is 0 Å². The number of nitrogens with one attached hydrogen (secondary N) is 1. The van der Waals surface area contributed by atoms with Gasteiger partial charge in [-0.3, -0.25) is 10.1 Å². The summed E-state index contributed by atoms with van der Waals surface area (Å²) in [7, 11) is 2.86. The van der Waals surface area contributed by atoms with Gasteiger partial charge in [-0.1, -0.05) is 6.92 Å². The van der Waals surface area contributed by atoms with Crippen LogP contribution >= 0.6 is 0 Å². The van der Waals surface area contributed by atoms with E-state index >= 15 is 0 Å². The molecular weight excluding hydrogens is 252 g/mol. The molecule has 2 N–H and O–H groups in total. The van der Waals surface area contributed by atoms with Gasteiger partial charge in [0.2, 0.25) is 0 Å². The van der Waals surface area contributed by atoms with Gasteiger partial charge in [-0.2, -0.15) is 0 Å². The van der Waals surface area contributed by atoms with Crippen LogP contribution in [-0.4, -0.2) is 36.9 Å². The van der Waals surface area contributed by atoms with Gasteiger partial charge in [-0.05, 0) is 6.42 Å². The van der Waals surface area contributed by atoms with Crippen LogP contribution in [0, 0.1) is 10.1 Å². The molecule has 0 amide bonds. The Morgan fingerprint density at radius 1 is 1.37 bits per heavy atom. The smallest absolute Gasteiger partial charge is 0.296 e. The standard InChI is InChI=1S/C12H18N2O5/c1-4-8(15)7-13-9-5-11(18-2)12(19-3)6-10(9)14(16)17/h5-6,8,13,15H,4,7H2,1-3H3. The van der Waals surface area contributed by atoms with E-state index in [2.05, 4.69) is 5.32 Å². The van der Waals surface area contributed by atoms with Crippen molar-refractivity contribution < 1.29 is 19.5 Å². The minimum atomic E-state index is -0.562. The van der Waals surface area contributed by atoms with Gasteiger partial charge in [0.15, 0.2) is 11.5 Å². The zero-order valence-corrected chi connectivity index (χ0v) is 11.2. The molecule has 0 heterocycles. The SMILES string of the molecule is CCC(O)CNc1cc(OC)c(OC)cc1[N+](=O)[O-]. The summed E-state index contributed by atoms with van der Waals surface area (Å²) in [5, 5.41) is 23.3. The number of aliphatic hydroxyl groups excluding tert-OH is 1. The number of benzene rings is 1. The van der Waals surface area contributed by atoms with E-state index in [4.69, 9.17) is 9.47 Å². The van der Waals surface area contributed by atoms with Crippen molar-refractivity contribution in [1.82, 2.24) is 0 Å². The molecule has 1 aromatic carbocycles. The molecule has 106 valence electrons. The van der Waals surface area contributed by atoms with Crippen LogP contribution in [0.5, 0.6) is 11.5 Å². The maximum absolute atomic E-state index is 11.0. The molecule has 1 atom stereocenters. The van der Waals surface area contributed by atoms with E-state index in [1.807, 2.05) is 6.92 Å². The lowest BCUT2D eigenvalue weighted by Crippen LogP contribution is -2.18. The van der Waals surface area contributed by atoms with Crippen molar-refractivity contribution in [2.75, 3.05) is 26.1 Å². The van der Waals surface area contributed by atoms with Gasteiger partial charge in [0.1, 0.15) is 5.69 Å². The Kier molecular flexibility index (Phi) is 5.37. The molecule has 0 fully saturated rings. The highest BCUT2D eigenvalue weighted by Crippen LogP contribution is 2.37. The number of ether oxygens (including phenoxy) is 2. The number of hydrogen-bond donors (Lipinski definition) is 2. The number of nitro groups is 1. The molecule has 0 radical (unpaired) electrons. The Morgan fingerprint density at radius 3 is 2.42 bits per heavy atom. The van der Waals surface area contributed by atoms with Gasteiger partial charge in [0.25, 0.3) is 5.69 Å². The summed E-state index contributed by atoms with van der Waals surface area (Å²) in [5.74, 6) is 0.678. The van der Waals surface area contributed by atoms with E-state index in [1.165, 1.54) is 26.4 Å². The Balaban J connectivity index is 3.09. The summed E-state index contributed by atoms with van der Waals surface area (Å²) in [5.41, 5.74) is 0.163. The van der Waals surface area contributed by atoms with Crippen molar-refractivity contribution in [3.8, 4) is 11.5 Å². The molecule has 7 nitrogen and oxygen atoms in total. The molecule has 0 saturated heterocycles. The average Bonchev–Trinajstić information content (AvgIpc) is 2.43. The van der Waals surface area contributed by atoms with Crippen molar-refractivity contribution >= 4 is 11.4 Å². The van der Waals surface area contributed by atoms with Crippen molar-refractivity contribution in [3.63, 3.8) is 0 Å². The van der Waals surface area contributed by atoms with Crippen molar-refractivity contribution in [2.24, 2.45) is 0 Å². The Bertz CT molecular complexity index is 450. The monoisotopic (exact) mass is 270 g/mol. The predicted molar refractivity (Wildman–Crippen MR) is 71.0 cm³/mol. The van der Waals surface area contributed by atoms with Gasteiger partial charge < -0.3 is 19.9 Å². The van der Waals surface area contributed by atoms with E-state index in [0.29, 0.717) is 12.2 Å². The molecule has 1 rings (SSSR count). The minimum Gasteiger partial charge on any atom is -0.493 e. The molecule has 0 aliphatic heterocycles. The molecule has 1 aromatic rings. The molecule has 0 spiro atoms. The normalized spacial score (nSPS) is 11.8. The lowest BCUT2D eigenvalue weighted by molar-refractivity contribution is -0.384. The topological polar surface area (TPSA) is 93.9 Å². The highest BCUT2D eigenvalue weighted by molar-refractivity contribution is 5.68. The fourth-order valence-electron chi connectivity index (χ4n) is 1.53. The van der Waals surface area contributed by atoms with Gasteiger partial charge in [-0.15, -0.1) is 0 Å². The number of nitrogens with zero attached hydrogens (tertiary/aromatic N) is 1. The Hall–Kier alpha value is -2.02. The molecule has 0 aromatic heterocycles. The largest absolute Gasteiger partial charge is 0.493 e. The van der Waals surface area contributed by atoms with Crippen molar-refractivity contribution in [3.05, 3.63) is 22.2 Å². The van der Waals surface area contributed by atoms with E-state index in [1.54, 1.807) is 0 Å². The van der Waals surface area contributed by atoms with Crippen LogP contribution in [0.15, 0.2) is 12.1 Å². The first-order valence-corrected chi connectivity index (χ1v) is 5.85. The van der Waals surface area contributed by atoms with Crippen LogP contribution in [0.3, 0.4) is 0 Å². The molecule has 1 unspecified atom stereocenters. The third kappa shape index (κ3) is 3.72. The number of nitro benzene ring substituents is 1. The third-order valence-corrected chi connectivity index (χ3v) is 2.70. The summed E-state index contributed by atoms with van der Waals surface area (Å²) in [6.45, 7) is 2.06. The first kappa shape index (κ1) is 15.0. The molecule has 0 bridgehead atoms. The van der Waals surface area contributed by atoms with Crippen LogP contribution in [0.4, 0.5) is 11.4 Å². The summed E-state index contributed by atoms with van der Waals surface area (Å²) in [4.78, 5) is 10.5. The highest BCUT2D eigenvalue weighted by Gasteiger charge is 2.19. The van der Waals surface area contributed by atoms with Crippen LogP contribution < -0.4 is 14.8 Å². The second-order valence-electron chi connectivity index (χ2n) is 3.92. The molecular formula is C12H18N2O5. The quantitative estimate of drug-likeness (QED) is 0.579. The van der Waals surface area contributed by atoms with Crippen LogP contribution in [-0.2, 0) is 0 Å². The summed E-state index contributed by atoms with van der Waals surface area (Å²) in [6, 6.07) is 2.78. The lowest BCUT2D eigenvalue weighted by atomic mass is 10.2. The van der Waals surface area contributed by atoms with Gasteiger partial charge in [0.05, 0.1) is 31.3 Å². The van der Waals surface area contributed by atoms with Crippen molar-refractivity contribution in [1.29, 1.82) is 0 Å². The number of aliphatic hydroxyl groups is 1. The Morgan fingerprint density at radius 2 is 1.95 bits per heavy atom. The zero-order chi connectivity index (χ0) is 14.4. The van der Waals surface area contributed by atoms with Gasteiger partial charge >= 0.3 is 0 Å². The molecule has 7 heteroatoms. The second kappa shape index (κ2) is 6.79.